The molecule has 1 saturated heterocycles. The third-order valence-corrected chi connectivity index (χ3v) is 5.27. The molecule has 1 aliphatic heterocycles. The Bertz CT molecular complexity index is 510. The van der Waals surface area contributed by atoms with Crippen LogP contribution in [0.1, 0.15) is 12.8 Å². The molecule has 6 heteroatoms. The molecule has 0 radical (unpaired) electrons. The van der Waals surface area contributed by atoms with E-state index in [2.05, 4.69) is 0 Å². The maximum atomic E-state index is 12.5. The van der Waals surface area contributed by atoms with Gasteiger partial charge >= 0.3 is 0 Å². The first kappa shape index (κ1) is 13.3. The number of rotatable bonds is 3. The lowest BCUT2D eigenvalue weighted by atomic mass is 10.1. The van der Waals surface area contributed by atoms with Gasteiger partial charge in [-0.05, 0) is 25.0 Å². The van der Waals surface area contributed by atoms with E-state index in [1.807, 2.05) is 0 Å². The van der Waals surface area contributed by atoms with Crippen molar-refractivity contribution >= 4 is 15.7 Å². The highest BCUT2D eigenvalue weighted by Gasteiger charge is 2.30. The van der Waals surface area contributed by atoms with E-state index in [1.54, 1.807) is 31.3 Å². The van der Waals surface area contributed by atoms with Gasteiger partial charge in [0, 0.05) is 26.3 Å². The minimum atomic E-state index is -3.52. The zero-order valence-corrected chi connectivity index (χ0v) is 11.2. The predicted molar refractivity (Wildman–Crippen MR) is 69.6 cm³/mol. The maximum absolute atomic E-state index is 12.5. The molecular weight excluding hydrogens is 252 g/mol. The molecule has 0 atom stereocenters. The summed E-state index contributed by atoms with van der Waals surface area (Å²) < 4.78 is 31.6. The van der Waals surface area contributed by atoms with Crippen LogP contribution in [0, 0.1) is 0 Å². The molecule has 0 bridgehead atoms. The van der Waals surface area contributed by atoms with Crippen molar-refractivity contribution in [2.24, 2.45) is 0 Å². The zero-order chi connectivity index (χ0) is 13.2. The molecule has 0 saturated carbocycles. The van der Waals surface area contributed by atoms with Crippen molar-refractivity contribution < 1.29 is 13.2 Å². The summed E-state index contributed by atoms with van der Waals surface area (Å²) in [6.45, 7) is 1.21. The van der Waals surface area contributed by atoms with Crippen LogP contribution in [-0.2, 0) is 14.8 Å². The molecule has 0 aromatic heterocycles. The molecule has 0 unspecified atom stereocenters. The Balaban J connectivity index is 2.28. The van der Waals surface area contributed by atoms with Gasteiger partial charge in [-0.3, -0.25) is 0 Å². The van der Waals surface area contributed by atoms with Crippen molar-refractivity contribution in [2.75, 3.05) is 26.0 Å². The number of sulfonamides is 1. The average Bonchev–Trinajstić information content (AvgIpc) is 2.39. The molecule has 1 aromatic rings. The molecule has 5 nitrogen and oxygen atoms in total. The number of benzene rings is 1. The van der Waals surface area contributed by atoms with Crippen LogP contribution in [0.25, 0.3) is 0 Å². The van der Waals surface area contributed by atoms with Gasteiger partial charge in [0.2, 0.25) is 10.0 Å². The Labute approximate surface area is 108 Å². The molecule has 2 N–H and O–H groups in total. The molecule has 100 valence electrons. The van der Waals surface area contributed by atoms with E-state index in [4.69, 9.17) is 10.5 Å². The second-order valence-corrected chi connectivity index (χ2v) is 6.37. The summed E-state index contributed by atoms with van der Waals surface area (Å²) in [6.07, 6.45) is 1.45. The summed E-state index contributed by atoms with van der Waals surface area (Å²) in [6, 6.07) is 6.54. The van der Waals surface area contributed by atoms with Crippen LogP contribution in [0.4, 0.5) is 5.69 Å². The molecule has 0 aliphatic carbocycles. The number of nitrogens with two attached hydrogens (primary N) is 1. The molecule has 2 rings (SSSR count). The standard InChI is InChI=1S/C12H18N2O3S/c1-14(10-6-8-17-9-7-10)18(15,16)12-5-3-2-4-11(12)13/h2-5,10H,6-9,13H2,1H3. The predicted octanol–water partition coefficient (Wildman–Crippen LogP) is 1.07. The fraction of sp³-hybridized carbons (Fsp3) is 0.500. The van der Waals surface area contributed by atoms with Crippen LogP contribution in [-0.4, -0.2) is 39.0 Å². The summed E-state index contributed by atoms with van der Waals surface area (Å²) in [7, 11) is -1.91. The van der Waals surface area contributed by atoms with Gasteiger partial charge in [-0.15, -0.1) is 0 Å². The molecule has 1 fully saturated rings. The van der Waals surface area contributed by atoms with Gasteiger partial charge in [-0.1, -0.05) is 12.1 Å². The van der Waals surface area contributed by atoms with Gasteiger partial charge in [0.05, 0.1) is 5.69 Å². The van der Waals surface area contributed by atoms with Gasteiger partial charge in [-0.25, -0.2) is 8.42 Å². The number of hydrogen-bond acceptors (Lipinski definition) is 4. The van der Waals surface area contributed by atoms with E-state index >= 15 is 0 Å². The quantitative estimate of drug-likeness (QED) is 0.834. The number of para-hydroxylation sites is 1. The Morgan fingerprint density at radius 3 is 2.50 bits per heavy atom. The number of nitrogens with zero attached hydrogens (tertiary/aromatic N) is 1. The van der Waals surface area contributed by atoms with Crippen molar-refractivity contribution in [2.45, 2.75) is 23.8 Å². The third kappa shape index (κ3) is 2.50. The SMILES string of the molecule is CN(C1CCOCC1)S(=O)(=O)c1ccccc1N. The fourth-order valence-electron chi connectivity index (χ4n) is 2.12. The van der Waals surface area contributed by atoms with Crippen LogP contribution in [0.2, 0.25) is 0 Å². The molecule has 0 amide bonds. The fourth-order valence-corrected chi connectivity index (χ4v) is 3.65. The lowest BCUT2D eigenvalue weighted by molar-refractivity contribution is 0.0632. The van der Waals surface area contributed by atoms with E-state index in [-0.39, 0.29) is 16.6 Å². The Hall–Kier alpha value is -1.11. The number of ether oxygens (including phenoxy) is 1. The molecule has 1 aromatic carbocycles. The van der Waals surface area contributed by atoms with Crippen LogP contribution in [0.3, 0.4) is 0 Å². The van der Waals surface area contributed by atoms with E-state index in [1.165, 1.54) is 4.31 Å². The maximum Gasteiger partial charge on any atom is 0.245 e. The van der Waals surface area contributed by atoms with Gasteiger partial charge in [0.15, 0.2) is 0 Å². The molecule has 1 heterocycles. The van der Waals surface area contributed by atoms with Crippen molar-refractivity contribution in [1.82, 2.24) is 4.31 Å². The van der Waals surface area contributed by atoms with Gasteiger partial charge < -0.3 is 10.5 Å². The third-order valence-electron chi connectivity index (χ3n) is 3.28. The summed E-state index contributed by atoms with van der Waals surface area (Å²) in [5.41, 5.74) is 6.03. The first-order valence-corrected chi connectivity index (χ1v) is 7.38. The van der Waals surface area contributed by atoms with Gasteiger partial charge in [0.1, 0.15) is 4.90 Å². The van der Waals surface area contributed by atoms with E-state index < -0.39 is 10.0 Å². The van der Waals surface area contributed by atoms with Crippen LogP contribution in [0.5, 0.6) is 0 Å². The van der Waals surface area contributed by atoms with Crippen molar-refractivity contribution in [1.29, 1.82) is 0 Å². The van der Waals surface area contributed by atoms with E-state index in [9.17, 15) is 8.42 Å². The summed E-state index contributed by atoms with van der Waals surface area (Å²) >= 11 is 0. The lowest BCUT2D eigenvalue weighted by Crippen LogP contribution is -2.40. The Kier molecular flexibility index (Phi) is 3.89. The molecular formula is C12H18N2O3S. The normalized spacial score (nSPS) is 18.1. The smallest absolute Gasteiger partial charge is 0.245 e. The summed E-state index contributed by atoms with van der Waals surface area (Å²) in [5, 5.41) is 0. The largest absolute Gasteiger partial charge is 0.398 e. The first-order valence-electron chi connectivity index (χ1n) is 5.94. The number of nitrogen functional groups attached to an aromatic ring is 1. The minimum Gasteiger partial charge on any atom is -0.398 e. The number of hydrogen-bond donors (Lipinski definition) is 1. The van der Waals surface area contributed by atoms with Crippen LogP contribution >= 0.6 is 0 Å². The highest BCUT2D eigenvalue weighted by atomic mass is 32.2. The van der Waals surface area contributed by atoms with Gasteiger partial charge in [-0.2, -0.15) is 4.31 Å². The second-order valence-electron chi connectivity index (χ2n) is 4.40. The Morgan fingerprint density at radius 2 is 1.89 bits per heavy atom. The van der Waals surface area contributed by atoms with Crippen LogP contribution in [0.15, 0.2) is 29.2 Å². The van der Waals surface area contributed by atoms with Crippen molar-refractivity contribution in [3.05, 3.63) is 24.3 Å². The monoisotopic (exact) mass is 270 g/mol. The molecule has 1 aliphatic rings. The van der Waals surface area contributed by atoms with Gasteiger partial charge in [0.25, 0.3) is 0 Å². The first-order chi connectivity index (χ1) is 8.53. The van der Waals surface area contributed by atoms with Crippen molar-refractivity contribution in [3.8, 4) is 0 Å². The topological polar surface area (TPSA) is 72.6 Å². The molecule has 0 spiro atoms. The molecule has 18 heavy (non-hydrogen) atoms. The zero-order valence-electron chi connectivity index (χ0n) is 10.4. The highest BCUT2D eigenvalue weighted by molar-refractivity contribution is 7.89. The Morgan fingerprint density at radius 1 is 1.28 bits per heavy atom. The lowest BCUT2D eigenvalue weighted by Gasteiger charge is -2.30. The van der Waals surface area contributed by atoms with Crippen LogP contribution < -0.4 is 5.73 Å². The average molecular weight is 270 g/mol. The summed E-state index contributed by atoms with van der Waals surface area (Å²) in [5.74, 6) is 0. The highest BCUT2D eigenvalue weighted by Crippen LogP contribution is 2.25. The minimum absolute atomic E-state index is 0.0108. The summed E-state index contributed by atoms with van der Waals surface area (Å²) in [4.78, 5) is 0.180. The van der Waals surface area contributed by atoms with Crippen molar-refractivity contribution in [3.63, 3.8) is 0 Å². The van der Waals surface area contributed by atoms with E-state index in [0.717, 1.165) is 12.8 Å². The second kappa shape index (κ2) is 5.26. The number of anilines is 1. The van der Waals surface area contributed by atoms with E-state index in [0.29, 0.717) is 13.2 Å².